The first kappa shape index (κ1) is 13.4. The fourth-order valence-electron chi connectivity index (χ4n) is 3.50. The molecular formula is C14H15F3N2O. The molecule has 1 saturated heterocycles. The number of carbonyl (C=O) groups excluding carboxylic acids is 1. The number of likely N-dealkylation sites (tertiary alicyclic amines) is 1. The van der Waals surface area contributed by atoms with Crippen LogP contribution in [0.1, 0.15) is 24.1 Å². The molecule has 20 heavy (non-hydrogen) atoms. The van der Waals surface area contributed by atoms with E-state index in [0.29, 0.717) is 11.3 Å². The molecule has 0 bridgehead atoms. The number of rotatable bonds is 3. The molecule has 2 heterocycles. The molecule has 1 aromatic rings. The Morgan fingerprint density at radius 2 is 2.05 bits per heavy atom. The summed E-state index contributed by atoms with van der Waals surface area (Å²) in [6.45, 7) is 1.66. The molecule has 1 spiro atoms. The lowest BCUT2D eigenvalue weighted by Crippen LogP contribution is -2.61. The van der Waals surface area contributed by atoms with Gasteiger partial charge in [-0.15, -0.1) is 0 Å². The Kier molecular flexibility index (Phi) is 2.99. The highest BCUT2D eigenvalue weighted by Gasteiger charge is 2.51. The van der Waals surface area contributed by atoms with Crippen molar-refractivity contribution >= 4 is 6.41 Å². The van der Waals surface area contributed by atoms with Gasteiger partial charge in [0.25, 0.3) is 0 Å². The first-order valence-corrected chi connectivity index (χ1v) is 6.62. The second-order valence-corrected chi connectivity index (χ2v) is 6.04. The third-order valence-electron chi connectivity index (χ3n) is 4.31. The van der Waals surface area contributed by atoms with E-state index in [1.807, 2.05) is 0 Å². The normalized spacial score (nSPS) is 21.4. The minimum atomic E-state index is -4.37. The standard InChI is InChI=1S/C14H15F3N2O/c15-14(16,17)12-2-1-10(6-18-12)3-11-4-13(5-11)7-19(8-13)9-20/h1-2,6,9,11H,3-5,7-8H2. The van der Waals surface area contributed by atoms with Gasteiger partial charge in [-0.1, -0.05) is 6.07 Å². The van der Waals surface area contributed by atoms with Crippen LogP contribution in [0.15, 0.2) is 18.3 Å². The average molecular weight is 284 g/mol. The van der Waals surface area contributed by atoms with Crippen LogP contribution in [-0.4, -0.2) is 29.4 Å². The molecule has 1 saturated carbocycles. The highest BCUT2D eigenvalue weighted by Crippen LogP contribution is 2.52. The molecule has 0 aromatic carbocycles. The van der Waals surface area contributed by atoms with Crippen LogP contribution in [0.3, 0.4) is 0 Å². The van der Waals surface area contributed by atoms with Crippen LogP contribution in [0.5, 0.6) is 0 Å². The number of amides is 1. The summed E-state index contributed by atoms with van der Waals surface area (Å²) in [6.07, 6.45) is 0.707. The molecule has 108 valence electrons. The Labute approximate surface area is 114 Å². The molecule has 1 aromatic heterocycles. The van der Waals surface area contributed by atoms with Crippen LogP contribution in [0.2, 0.25) is 0 Å². The average Bonchev–Trinajstić information content (AvgIpc) is 2.30. The van der Waals surface area contributed by atoms with E-state index in [9.17, 15) is 18.0 Å². The zero-order valence-electron chi connectivity index (χ0n) is 10.9. The molecule has 2 fully saturated rings. The van der Waals surface area contributed by atoms with Crippen LogP contribution >= 0.6 is 0 Å². The van der Waals surface area contributed by atoms with E-state index in [0.717, 1.165) is 50.4 Å². The van der Waals surface area contributed by atoms with Gasteiger partial charge in [-0.3, -0.25) is 9.78 Å². The lowest BCUT2D eigenvalue weighted by Gasteiger charge is -2.58. The molecule has 3 rings (SSSR count). The maximum absolute atomic E-state index is 12.4. The number of hydrogen-bond donors (Lipinski definition) is 0. The minimum absolute atomic E-state index is 0.297. The van der Waals surface area contributed by atoms with Gasteiger partial charge >= 0.3 is 6.18 Å². The van der Waals surface area contributed by atoms with Crippen molar-refractivity contribution in [3.8, 4) is 0 Å². The first-order valence-electron chi connectivity index (χ1n) is 6.62. The van der Waals surface area contributed by atoms with Crippen LogP contribution < -0.4 is 0 Å². The first-order chi connectivity index (χ1) is 9.40. The molecule has 1 amide bonds. The van der Waals surface area contributed by atoms with Gasteiger partial charge in [-0.25, -0.2) is 0 Å². The maximum Gasteiger partial charge on any atom is 0.433 e. The Morgan fingerprint density at radius 3 is 2.55 bits per heavy atom. The second kappa shape index (κ2) is 4.46. The van der Waals surface area contributed by atoms with E-state index < -0.39 is 11.9 Å². The van der Waals surface area contributed by atoms with Crippen molar-refractivity contribution in [2.24, 2.45) is 11.3 Å². The molecule has 0 N–H and O–H groups in total. The monoisotopic (exact) mass is 284 g/mol. The van der Waals surface area contributed by atoms with Crippen LogP contribution in [0.25, 0.3) is 0 Å². The summed E-state index contributed by atoms with van der Waals surface area (Å²) in [5, 5.41) is 0. The van der Waals surface area contributed by atoms with Gasteiger partial charge in [0.1, 0.15) is 5.69 Å². The number of halogens is 3. The van der Waals surface area contributed by atoms with Crippen molar-refractivity contribution in [3.05, 3.63) is 29.6 Å². The van der Waals surface area contributed by atoms with Crippen LogP contribution in [0, 0.1) is 11.3 Å². The van der Waals surface area contributed by atoms with E-state index in [1.54, 1.807) is 4.90 Å². The Bertz CT molecular complexity index is 498. The predicted octanol–water partition coefficient (Wildman–Crippen LogP) is 2.51. The van der Waals surface area contributed by atoms with E-state index in [1.165, 1.54) is 12.3 Å². The van der Waals surface area contributed by atoms with E-state index in [2.05, 4.69) is 4.98 Å². The van der Waals surface area contributed by atoms with Gasteiger partial charge in [-0.2, -0.15) is 13.2 Å². The number of hydrogen-bond acceptors (Lipinski definition) is 2. The molecule has 0 radical (unpaired) electrons. The minimum Gasteiger partial charge on any atom is -0.344 e. The van der Waals surface area contributed by atoms with Gasteiger partial charge in [-0.05, 0) is 36.8 Å². The molecule has 0 unspecified atom stereocenters. The van der Waals surface area contributed by atoms with Crippen molar-refractivity contribution in [1.82, 2.24) is 9.88 Å². The molecule has 3 nitrogen and oxygen atoms in total. The lowest BCUT2D eigenvalue weighted by molar-refractivity contribution is -0.142. The summed E-state index contributed by atoms with van der Waals surface area (Å²) in [6, 6.07) is 2.56. The molecule has 1 aliphatic carbocycles. The SMILES string of the molecule is O=CN1CC2(CC(Cc3ccc(C(F)(F)F)nc3)C2)C1. The smallest absolute Gasteiger partial charge is 0.344 e. The summed E-state index contributed by atoms with van der Waals surface area (Å²) < 4.78 is 37.2. The maximum atomic E-state index is 12.4. The van der Waals surface area contributed by atoms with E-state index in [4.69, 9.17) is 0 Å². The third-order valence-corrected chi connectivity index (χ3v) is 4.31. The van der Waals surface area contributed by atoms with Crippen LogP contribution in [0.4, 0.5) is 13.2 Å². The summed E-state index contributed by atoms with van der Waals surface area (Å²) >= 11 is 0. The summed E-state index contributed by atoms with van der Waals surface area (Å²) in [4.78, 5) is 15.8. The highest BCUT2D eigenvalue weighted by molar-refractivity contribution is 5.49. The summed E-state index contributed by atoms with van der Waals surface area (Å²) in [5.74, 6) is 0.502. The number of nitrogens with zero attached hydrogens (tertiary/aromatic N) is 2. The topological polar surface area (TPSA) is 33.2 Å². The van der Waals surface area contributed by atoms with Crippen molar-refractivity contribution in [3.63, 3.8) is 0 Å². The highest BCUT2D eigenvalue weighted by atomic mass is 19.4. The van der Waals surface area contributed by atoms with E-state index in [-0.39, 0.29) is 0 Å². The molecule has 6 heteroatoms. The number of pyridine rings is 1. The summed E-state index contributed by atoms with van der Waals surface area (Å²) in [5.41, 5.74) is 0.307. The van der Waals surface area contributed by atoms with Crippen molar-refractivity contribution in [1.29, 1.82) is 0 Å². The third kappa shape index (κ3) is 2.39. The zero-order chi connectivity index (χ0) is 14.4. The molecular weight excluding hydrogens is 269 g/mol. The fraction of sp³-hybridized carbons (Fsp3) is 0.571. The van der Waals surface area contributed by atoms with E-state index >= 15 is 0 Å². The van der Waals surface area contributed by atoms with Gasteiger partial charge in [0.2, 0.25) is 6.41 Å². The Hall–Kier alpha value is -1.59. The Balaban J connectivity index is 1.52. The quantitative estimate of drug-likeness (QED) is 0.799. The number of carbonyl (C=O) groups is 1. The molecule has 1 aliphatic heterocycles. The number of aromatic nitrogens is 1. The number of alkyl halides is 3. The van der Waals surface area contributed by atoms with Crippen molar-refractivity contribution < 1.29 is 18.0 Å². The van der Waals surface area contributed by atoms with Gasteiger partial charge < -0.3 is 4.90 Å². The van der Waals surface area contributed by atoms with Crippen molar-refractivity contribution in [2.75, 3.05) is 13.1 Å². The lowest BCUT2D eigenvalue weighted by atomic mass is 9.57. The largest absolute Gasteiger partial charge is 0.433 e. The van der Waals surface area contributed by atoms with Gasteiger partial charge in [0, 0.05) is 24.7 Å². The zero-order valence-corrected chi connectivity index (χ0v) is 10.9. The van der Waals surface area contributed by atoms with Crippen LogP contribution in [-0.2, 0) is 17.4 Å². The Morgan fingerprint density at radius 1 is 1.35 bits per heavy atom. The summed E-state index contributed by atoms with van der Waals surface area (Å²) in [7, 11) is 0. The predicted molar refractivity (Wildman–Crippen MR) is 65.7 cm³/mol. The van der Waals surface area contributed by atoms with Gasteiger partial charge in [0.15, 0.2) is 0 Å². The van der Waals surface area contributed by atoms with Gasteiger partial charge in [0.05, 0.1) is 0 Å². The molecule has 2 aliphatic rings. The second-order valence-electron chi connectivity index (χ2n) is 6.04. The fourth-order valence-corrected chi connectivity index (χ4v) is 3.50. The molecule has 0 atom stereocenters. The van der Waals surface area contributed by atoms with Crippen molar-refractivity contribution in [2.45, 2.75) is 25.4 Å².